The minimum absolute atomic E-state index is 0.0217. The molecule has 1 atom stereocenters. The number of rotatable bonds is 10. The second kappa shape index (κ2) is 10.7. The van der Waals surface area contributed by atoms with Crippen molar-refractivity contribution in [2.24, 2.45) is 5.92 Å². The average molecular weight is 455 g/mol. The predicted molar refractivity (Wildman–Crippen MR) is 120 cm³/mol. The van der Waals surface area contributed by atoms with E-state index in [0.717, 1.165) is 56.6 Å². The van der Waals surface area contributed by atoms with Gasteiger partial charge in [0, 0.05) is 37.3 Å². The Kier molecular flexibility index (Phi) is 7.51. The molecule has 1 saturated carbocycles. The molecule has 2 aromatic rings. The minimum atomic E-state index is -1.12. The van der Waals surface area contributed by atoms with E-state index in [1.54, 1.807) is 0 Å². The molecule has 1 fully saturated rings. The first-order chi connectivity index (χ1) is 16.0. The van der Waals surface area contributed by atoms with Crippen LogP contribution in [-0.2, 0) is 22.5 Å². The average Bonchev–Trinajstić information content (AvgIpc) is 2.81. The summed E-state index contributed by atoms with van der Waals surface area (Å²) in [5, 5.41) is 23.7. The molecule has 3 heterocycles. The molecule has 2 aromatic heterocycles. The SMILES string of the molecule is O=C(ON(C1CC(CCc2ccc3c(n2)NCCC3)C1)[C@@H](CCO)C(=O)O)c1ccncc1. The summed E-state index contributed by atoms with van der Waals surface area (Å²) >= 11 is 0. The van der Waals surface area contributed by atoms with E-state index in [1.165, 1.54) is 35.2 Å². The minimum Gasteiger partial charge on any atom is -0.480 e. The Hall–Kier alpha value is -3.04. The van der Waals surface area contributed by atoms with Crippen LogP contribution in [0.4, 0.5) is 5.82 Å². The van der Waals surface area contributed by atoms with E-state index in [0.29, 0.717) is 11.5 Å². The van der Waals surface area contributed by atoms with Gasteiger partial charge in [0.1, 0.15) is 11.9 Å². The molecular weight excluding hydrogens is 424 g/mol. The Balaban J connectivity index is 1.36. The Morgan fingerprint density at radius 3 is 2.73 bits per heavy atom. The highest BCUT2D eigenvalue weighted by atomic mass is 16.7. The quantitative estimate of drug-likeness (QED) is 0.464. The number of aliphatic hydroxyl groups is 1. The Labute approximate surface area is 192 Å². The lowest BCUT2D eigenvalue weighted by molar-refractivity contribution is -0.204. The summed E-state index contributed by atoms with van der Waals surface area (Å²) in [6, 6.07) is 5.98. The summed E-state index contributed by atoms with van der Waals surface area (Å²) in [4.78, 5) is 38.6. The van der Waals surface area contributed by atoms with E-state index in [4.69, 9.17) is 9.82 Å². The number of hydrogen-bond acceptors (Lipinski definition) is 8. The first kappa shape index (κ1) is 23.1. The maximum Gasteiger partial charge on any atom is 0.357 e. The van der Waals surface area contributed by atoms with Crippen LogP contribution in [0.1, 0.15) is 53.7 Å². The number of aryl methyl sites for hydroxylation is 2. The fourth-order valence-corrected chi connectivity index (χ4v) is 4.51. The standard InChI is InChI=1S/C24H30N4O5/c29-13-9-21(23(30)31)28(33-24(32)18-7-11-25-12-8-18)20-14-16(15-20)3-5-19-6-4-17-2-1-10-26-22(17)27-19/h4,6-8,11-12,16,20-21,29H,1-3,5,9-10,13-15H2,(H,26,27)(H,30,31)/t16?,20?,21-/m0/s1. The van der Waals surface area contributed by atoms with Gasteiger partial charge in [-0.1, -0.05) is 6.07 Å². The van der Waals surface area contributed by atoms with Gasteiger partial charge in [0.15, 0.2) is 0 Å². The monoisotopic (exact) mass is 454 g/mol. The fourth-order valence-electron chi connectivity index (χ4n) is 4.51. The van der Waals surface area contributed by atoms with E-state index in [1.807, 2.05) is 0 Å². The highest BCUT2D eigenvalue weighted by Crippen LogP contribution is 2.37. The topological polar surface area (TPSA) is 125 Å². The molecule has 0 amide bonds. The van der Waals surface area contributed by atoms with E-state index in [-0.39, 0.29) is 19.1 Å². The number of hydroxylamine groups is 2. The number of carboxylic acid groups (broad SMARTS) is 1. The van der Waals surface area contributed by atoms with E-state index < -0.39 is 18.0 Å². The molecule has 9 heteroatoms. The second-order valence-electron chi connectivity index (χ2n) is 8.71. The number of anilines is 1. The number of aliphatic carboxylic acids is 1. The van der Waals surface area contributed by atoms with Gasteiger partial charge < -0.3 is 20.4 Å². The molecule has 1 aliphatic heterocycles. The highest BCUT2D eigenvalue weighted by molar-refractivity contribution is 5.89. The Bertz CT molecular complexity index is 965. The van der Waals surface area contributed by atoms with Crippen molar-refractivity contribution in [1.82, 2.24) is 15.0 Å². The summed E-state index contributed by atoms with van der Waals surface area (Å²) < 4.78 is 0. The van der Waals surface area contributed by atoms with Crippen LogP contribution in [0.2, 0.25) is 0 Å². The number of carbonyl (C=O) groups is 2. The third-order valence-electron chi connectivity index (χ3n) is 6.43. The molecule has 0 radical (unpaired) electrons. The van der Waals surface area contributed by atoms with Crippen molar-refractivity contribution in [2.45, 2.75) is 57.0 Å². The number of nitrogens with one attached hydrogen (secondary N) is 1. The fraction of sp³-hybridized carbons (Fsp3) is 0.500. The molecule has 1 aliphatic carbocycles. The predicted octanol–water partition coefficient (Wildman–Crippen LogP) is 2.46. The van der Waals surface area contributed by atoms with Crippen LogP contribution in [-0.4, -0.2) is 62.4 Å². The number of carbonyl (C=O) groups excluding carboxylic acids is 1. The van der Waals surface area contributed by atoms with Gasteiger partial charge in [0.05, 0.1) is 5.56 Å². The van der Waals surface area contributed by atoms with E-state index in [9.17, 15) is 19.8 Å². The van der Waals surface area contributed by atoms with Crippen LogP contribution in [0, 0.1) is 5.92 Å². The van der Waals surface area contributed by atoms with Gasteiger partial charge in [0.25, 0.3) is 0 Å². The number of aromatic nitrogens is 2. The first-order valence-electron chi connectivity index (χ1n) is 11.5. The normalized spacial score (nSPS) is 20.3. The van der Waals surface area contributed by atoms with Crippen molar-refractivity contribution >= 4 is 17.8 Å². The lowest BCUT2D eigenvalue weighted by atomic mass is 9.76. The molecule has 3 N–H and O–H groups in total. The Morgan fingerprint density at radius 2 is 2.00 bits per heavy atom. The van der Waals surface area contributed by atoms with Crippen LogP contribution >= 0.6 is 0 Å². The molecule has 4 rings (SSSR count). The molecule has 0 unspecified atom stereocenters. The summed E-state index contributed by atoms with van der Waals surface area (Å²) in [7, 11) is 0. The van der Waals surface area contributed by atoms with Gasteiger partial charge in [-0.2, -0.15) is 0 Å². The zero-order valence-electron chi connectivity index (χ0n) is 18.5. The molecule has 2 aliphatic rings. The molecule has 33 heavy (non-hydrogen) atoms. The molecule has 176 valence electrons. The van der Waals surface area contributed by atoms with Crippen molar-refractivity contribution in [3.8, 4) is 0 Å². The summed E-state index contributed by atoms with van der Waals surface area (Å²) in [5.41, 5.74) is 2.62. The van der Waals surface area contributed by atoms with Gasteiger partial charge in [0.2, 0.25) is 0 Å². The van der Waals surface area contributed by atoms with Gasteiger partial charge in [-0.25, -0.2) is 9.78 Å². The third-order valence-corrected chi connectivity index (χ3v) is 6.43. The lowest BCUT2D eigenvalue weighted by Gasteiger charge is -2.43. The molecule has 0 spiro atoms. The Morgan fingerprint density at radius 1 is 1.21 bits per heavy atom. The molecule has 0 saturated heterocycles. The number of aliphatic hydroxyl groups excluding tert-OH is 1. The van der Waals surface area contributed by atoms with Gasteiger partial charge >= 0.3 is 11.9 Å². The zero-order valence-corrected chi connectivity index (χ0v) is 18.5. The summed E-state index contributed by atoms with van der Waals surface area (Å²) in [6.07, 6.45) is 8.37. The number of pyridine rings is 2. The number of fused-ring (bicyclic) bond motifs is 1. The van der Waals surface area contributed by atoms with Crippen LogP contribution in [0.25, 0.3) is 0 Å². The largest absolute Gasteiger partial charge is 0.480 e. The van der Waals surface area contributed by atoms with Crippen molar-refractivity contribution in [3.63, 3.8) is 0 Å². The number of hydrogen-bond donors (Lipinski definition) is 3. The van der Waals surface area contributed by atoms with Crippen LogP contribution in [0.15, 0.2) is 36.7 Å². The highest BCUT2D eigenvalue weighted by Gasteiger charge is 2.41. The summed E-state index contributed by atoms with van der Waals surface area (Å²) in [5.74, 6) is -0.365. The van der Waals surface area contributed by atoms with Crippen molar-refractivity contribution in [1.29, 1.82) is 0 Å². The second-order valence-corrected chi connectivity index (χ2v) is 8.71. The smallest absolute Gasteiger partial charge is 0.357 e. The van der Waals surface area contributed by atoms with Crippen molar-refractivity contribution in [2.75, 3.05) is 18.5 Å². The van der Waals surface area contributed by atoms with Gasteiger partial charge in [-0.05, 0) is 74.6 Å². The van der Waals surface area contributed by atoms with Crippen LogP contribution in [0.3, 0.4) is 0 Å². The number of carboxylic acids is 1. The lowest BCUT2D eigenvalue weighted by Crippen LogP contribution is -2.53. The molecule has 0 aromatic carbocycles. The molecular formula is C24H30N4O5. The maximum atomic E-state index is 12.6. The van der Waals surface area contributed by atoms with Crippen LogP contribution in [0.5, 0.6) is 0 Å². The first-order valence-corrected chi connectivity index (χ1v) is 11.5. The maximum absolute atomic E-state index is 12.6. The van der Waals surface area contributed by atoms with Crippen molar-refractivity contribution < 1.29 is 24.6 Å². The van der Waals surface area contributed by atoms with Gasteiger partial charge in [-0.3, -0.25) is 9.78 Å². The van der Waals surface area contributed by atoms with E-state index >= 15 is 0 Å². The van der Waals surface area contributed by atoms with Crippen molar-refractivity contribution in [3.05, 3.63) is 53.5 Å². The molecule has 9 nitrogen and oxygen atoms in total. The third kappa shape index (κ3) is 5.66. The molecule has 0 bridgehead atoms. The zero-order chi connectivity index (χ0) is 23.2. The summed E-state index contributed by atoms with van der Waals surface area (Å²) in [6.45, 7) is 0.648. The number of nitrogens with zero attached hydrogens (tertiary/aromatic N) is 3. The van der Waals surface area contributed by atoms with Crippen LogP contribution < -0.4 is 5.32 Å². The van der Waals surface area contributed by atoms with Gasteiger partial charge in [-0.15, -0.1) is 5.06 Å². The van der Waals surface area contributed by atoms with E-state index in [2.05, 4.69) is 22.4 Å².